The summed E-state index contributed by atoms with van der Waals surface area (Å²) in [4.78, 5) is 287. The number of primary amides is 1. The van der Waals surface area contributed by atoms with E-state index in [4.69, 9.17) is 22.9 Å². The number of amides is 20. The Labute approximate surface area is 802 Å². The molecule has 0 radical (unpaired) electrons. The summed E-state index contributed by atoms with van der Waals surface area (Å²) in [5.74, 6) is -23.4. The average molecular weight is 1960 g/mol. The topological polar surface area (TPSA) is 804 Å². The third-order valence-corrected chi connectivity index (χ3v) is 22.3. The Balaban J connectivity index is 2.32. The molecule has 32 N–H and O–H groups in total. The standard InChI is InChI=1S/C88H149N23O27/c1-18-43(8)66(83(132)102-58(35-41(4)5)80(129)109-69(51(16)114)86(135)100-55(24-19-21-31-89)76(125)98-48(13)88(137)138)107-74(123)46(11)95-78(127)59(36-53-27-29-54(116)30-28-53)103-87(136)70(52(17)115)108-77(126)56(25-20-22-32-90)99-72(121)45(10)96-84(133)67(49(14)112)105-63(118)38-93-75(124)57(34-40(2)3)101-79(128)60(37-62(92)117)104-82(131)65(42(6)7)106-73(122)47(12)97-85(134)68(50(15)113)110-81(130)61-26-23-33-111(61)64(119)39-94-71(120)44(9)91/h27-30,40-52,55-61,65-70,112-116H,18-26,31-39,89-91H2,1-17H3,(H2,92,117)(H,93,124)(H,94,120)(H,95,127)(H,96,133)(H,97,134)(H,98,125)(H,99,121)(H,100,135)(H,101,128)(H,102,132)(H,103,136)(H,104,131)(H,105,118)(H,106,122)(H,107,123)(H,108,126)(H,109,129)(H,110,130)(H,137,138)/t43-,44-,45-,46-,47-,48-,49+,50+,51+,52+,55-,56-,57-,58-,59-,60-,61-,65-,66-,67-,68-,69-,70-/m0/s1. The fourth-order valence-electron chi connectivity index (χ4n) is 14.0. The summed E-state index contributed by atoms with van der Waals surface area (Å²) in [6.07, 6.45) is -6.23. The Bertz CT molecular complexity index is 4310. The molecular weight excluding hydrogens is 1810 g/mol. The second kappa shape index (κ2) is 60.4. The van der Waals surface area contributed by atoms with Crippen LogP contribution in [0.15, 0.2) is 24.3 Å². The van der Waals surface area contributed by atoms with E-state index in [1.165, 1.54) is 84.6 Å². The normalized spacial score (nSPS) is 17.2. The van der Waals surface area contributed by atoms with E-state index in [0.717, 1.165) is 20.8 Å². The second-order valence-corrected chi connectivity index (χ2v) is 36.0. The molecule has 0 aromatic heterocycles. The number of phenols is 1. The van der Waals surface area contributed by atoms with Crippen molar-refractivity contribution < 1.29 is 131 Å². The van der Waals surface area contributed by atoms with Gasteiger partial charge in [-0.15, -0.1) is 0 Å². The van der Waals surface area contributed by atoms with Gasteiger partial charge < -0.3 is 154 Å². The van der Waals surface area contributed by atoms with Gasteiger partial charge in [-0.25, -0.2) is 0 Å². The van der Waals surface area contributed by atoms with E-state index in [1.54, 1.807) is 41.5 Å². The summed E-state index contributed by atoms with van der Waals surface area (Å²) in [5, 5.41) is 106. The van der Waals surface area contributed by atoms with Crippen molar-refractivity contribution >= 4 is 124 Å². The second-order valence-electron chi connectivity index (χ2n) is 36.0. The number of nitrogens with two attached hydrogens (primary N) is 4. The first-order valence-corrected chi connectivity index (χ1v) is 46.3. The number of carbonyl (C=O) groups is 21. The van der Waals surface area contributed by atoms with Gasteiger partial charge >= 0.3 is 5.97 Å². The number of likely N-dealkylation sites (tertiary alicyclic amines) is 1. The van der Waals surface area contributed by atoms with Crippen LogP contribution in [0.3, 0.4) is 0 Å². The molecule has 0 bridgehead atoms. The van der Waals surface area contributed by atoms with Crippen LogP contribution >= 0.6 is 0 Å². The number of hydrogen-bond donors (Lipinski definition) is 28. The Morgan fingerprint density at radius 1 is 0.391 bits per heavy atom. The molecule has 1 heterocycles. The minimum absolute atomic E-state index is 0.000908. The van der Waals surface area contributed by atoms with Crippen LogP contribution in [0.25, 0.3) is 0 Å². The number of benzene rings is 1. The van der Waals surface area contributed by atoms with Gasteiger partial charge in [0, 0.05) is 13.0 Å². The minimum Gasteiger partial charge on any atom is -0.508 e. The van der Waals surface area contributed by atoms with Crippen molar-refractivity contribution in [3.63, 3.8) is 0 Å². The van der Waals surface area contributed by atoms with Crippen LogP contribution in [0.4, 0.5) is 0 Å². The van der Waals surface area contributed by atoms with E-state index in [9.17, 15) is 131 Å². The van der Waals surface area contributed by atoms with Gasteiger partial charge in [-0.05, 0) is 181 Å². The molecule has 778 valence electrons. The first-order chi connectivity index (χ1) is 64.4. The van der Waals surface area contributed by atoms with Crippen LogP contribution in [-0.4, -0.2) is 326 Å². The Morgan fingerprint density at radius 3 is 1.20 bits per heavy atom. The van der Waals surface area contributed by atoms with Gasteiger partial charge in [0.1, 0.15) is 108 Å². The molecule has 138 heavy (non-hydrogen) atoms. The minimum atomic E-state index is -1.92. The van der Waals surface area contributed by atoms with Gasteiger partial charge in [-0.3, -0.25) is 101 Å². The van der Waals surface area contributed by atoms with Crippen LogP contribution in [0.2, 0.25) is 0 Å². The fourth-order valence-corrected chi connectivity index (χ4v) is 14.0. The Morgan fingerprint density at radius 2 is 0.746 bits per heavy atom. The van der Waals surface area contributed by atoms with Gasteiger partial charge in [0.05, 0.1) is 50.0 Å². The number of carbonyl (C=O) groups excluding carboxylic acids is 20. The van der Waals surface area contributed by atoms with Crippen LogP contribution in [0, 0.1) is 23.7 Å². The van der Waals surface area contributed by atoms with E-state index < -0.39 is 289 Å². The SMILES string of the molecule is CC[C@H](C)[C@H](NC(=O)[C@H](C)NC(=O)[C@H](Cc1ccc(O)cc1)NC(=O)[C@@H](NC(=O)[C@H](CCCCN)NC(=O)[C@H](C)NC(=O)[C@@H](NC(=O)CNC(=O)[C@H](CC(C)C)NC(=O)[C@H](CC(N)=O)NC(=O)[C@@H](NC(=O)[C@H](C)NC(=O)[C@@H](NC(=O)[C@@H]1CCCN1C(=O)CNC(=O)[C@H](C)N)[C@@H](C)O)C(C)C)[C@@H](C)O)[C@@H](C)O)C(=O)N[C@@H](CC(C)C)C(=O)N[C@H](C(=O)N[C@@H](CCCCN)C(=O)N[C@@H](C)C(=O)O)[C@@H](C)O. The quantitative estimate of drug-likeness (QED) is 0.0269. The molecule has 1 saturated heterocycles. The molecule has 20 amide bonds. The average Bonchev–Trinajstić information content (AvgIpc) is 1.65. The molecule has 1 aromatic rings. The molecule has 0 spiro atoms. The van der Waals surface area contributed by atoms with E-state index in [0.29, 0.717) is 24.8 Å². The lowest BCUT2D eigenvalue weighted by Gasteiger charge is -2.30. The fraction of sp³-hybridized carbons (Fsp3) is 0.693. The largest absolute Gasteiger partial charge is 0.508 e. The van der Waals surface area contributed by atoms with E-state index in [-0.39, 0.29) is 95.0 Å². The third kappa shape index (κ3) is 42.3. The number of nitrogens with zero attached hydrogens (tertiary/aromatic N) is 1. The zero-order chi connectivity index (χ0) is 105. The van der Waals surface area contributed by atoms with Crippen molar-refractivity contribution in [2.24, 2.45) is 46.6 Å². The maximum absolute atomic E-state index is 14.5. The lowest BCUT2D eigenvalue weighted by atomic mass is 9.96. The number of aliphatic carboxylic acids is 1. The van der Waals surface area contributed by atoms with Crippen molar-refractivity contribution in [3.05, 3.63) is 29.8 Å². The van der Waals surface area contributed by atoms with Crippen LogP contribution in [-0.2, 0) is 107 Å². The summed E-state index contributed by atoms with van der Waals surface area (Å²) in [5.41, 5.74) is 22.8. The van der Waals surface area contributed by atoms with Crippen LogP contribution < -0.4 is 119 Å². The number of nitrogens with one attached hydrogen (secondary N) is 18. The van der Waals surface area contributed by atoms with Gasteiger partial charge in [-0.2, -0.15) is 0 Å². The predicted octanol–water partition coefficient (Wildman–Crippen LogP) is -9.12. The summed E-state index contributed by atoms with van der Waals surface area (Å²) < 4.78 is 0. The van der Waals surface area contributed by atoms with Gasteiger partial charge in [0.25, 0.3) is 0 Å². The van der Waals surface area contributed by atoms with Crippen molar-refractivity contribution in [2.75, 3.05) is 32.7 Å². The predicted molar refractivity (Wildman–Crippen MR) is 497 cm³/mol. The number of aromatic hydroxyl groups is 1. The first kappa shape index (κ1) is 122. The molecule has 50 nitrogen and oxygen atoms in total. The highest BCUT2D eigenvalue weighted by molar-refractivity contribution is 6.02. The van der Waals surface area contributed by atoms with Crippen molar-refractivity contribution in [3.8, 4) is 5.75 Å². The number of carboxylic acids is 1. The third-order valence-electron chi connectivity index (χ3n) is 22.3. The lowest BCUT2D eigenvalue weighted by Crippen LogP contribution is -2.62. The van der Waals surface area contributed by atoms with E-state index in [1.807, 2.05) is 0 Å². The molecule has 23 atom stereocenters. The Hall–Kier alpha value is -12.4. The maximum Gasteiger partial charge on any atom is 0.325 e. The zero-order valence-electron chi connectivity index (χ0n) is 81.6. The molecule has 1 aromatic carbocycles. The van der Waals surface area contributed by atoms with E-state index >= 15 is 0 Å². The number of rotatable bonds is 61. The smallest absolute Gasteiger partial charge is 0.325 e. The molecule has 0 unspecified atom stereocenters. The highest BCUT2D eigenvalue weighted by atomic mass is 16.4. The molecule has 0 aliphatic carbocycles. The number of carboxylic acid groups (broad SMARTS) is 1. The summed E-state index contributed by atoms with van der Waals surface area (Å²) in [6, 6.07) is -22.0. The van der Waals surface area contributed by atoms with E-state index in [2.05, 4.69) is 95.7 Å². The van der Waals surface area contributed by atoms with Crippen LogP contribution in [0.5, 0.6) is 5.75 Å². The van der Waals surface area contributed by atoms with Crippen molar-refractivity contribution in [1.82, 2.24) is 101 Å². The number of aliphatic hydroxyl groups excluding tert-OH is 4. The number of unbranched alkanes of at least 4 members (excludes halogenated alkanes) is 2. The zero-order valence-corrected chi connectivity index (χ0v) is 81.6. The molecule has 1 aliphatic heterocycles. The molecule has 1 aliphatic rings. The lowest BCUT2D eigenvalue weighted by molar-refractivity contribution is -0.142. The summed E-state index contributed by atoms with van der Waals surface area (Å²) >= 11 is 0. The molecule has 50 heteroatoms. The van der Waals surface area contributed by atoms with Gasteiger partial charge in [0.2, 0.25) is 118 Å². The molecule has 1 fully saturated rings. The summed E-state index contributed by atoms with van der Waals surface area (Å²) in [7, 11) is 0. The van der Waals surface area contributed by atoms with Gasteiger partial charge in [0.15, 0.2) is 0 Å². The van der Waals surface area contributed by atoms with Crippen molar-refractivity contribution in [1.29, 1.82) is 0 Å². The summed E-state index contributed by atoms with van der Waals surface area (Å²) in [6.45, 7) is 22.9. The number of aliphatic hydroxyl groups is 4. The monoisotopic (exact) mass is 1960 g/mol. The van der Waals surface area contributed by atoms with Crippen LogP contribution in [0.1, 0.15) is 200 Å². The Kier molecular flexibility index (Phi) is 53.2. The number of phenolic OH excluding ortho intramolecular Hbond substituents is 1. The first-order valence-electron chi connectivity index (χ1n) is 46.3. The number of hydrogen-bond acceptors (Lipinski definition) is 29. The maximum atomic E-state index is 14.5. The highest BCUT2D eigenvalue weighted by Gasteiger charge is 2.43. The highest BCUT2D eigenvalue weighted by Crippen LogP contribution is 2.21. The molecular formula is C88H149N23O27. The van der Waals surface area contributed by atoms with Crippen molar-refractivity contribution in [2.45, 2.75) is 334 Å². The van der Waals surface area contributed by atoms with Gasteiger partial charge in [-0.1, -0.05) is 73.9 Å². The molecule has 0 saturated carbocycles. The molecule has 2 rings (SSSR count).